The molecule has 1 amide bonds. The molecule has 1 unspecified atom stereocenters. The van der Waals surface area contributed by atoms with Crippen LogP contribution in [0.4, 0.5) is 0 Å². The summed E-state index contributed by atoms with van der Waals surface area (Å²) < 4.78 is 25.9. The summed E-state index contributed by atoms with van der Waals surface area (Å²) in [5.41, 5.74) is 1.16. The number of rotatable bonds is 7. The molecule has 2 aliphatic rings. The van der Waals surface area contributed by atoms with Crippen molar-refractivity contribution in [1.29, 1.82) is 0 Å². The van der Waals surface area contributed by atoms with Crippen LogP contribution in [-0.2, 0) is 28.1 Å². The van der Waals surface area contributed by atoms with Crippen LogP contribution in [0.2, 0.25) is 0 Å². The van der Waals surface area contributed by atoms with Crippen molar-refractivity contribution in [3.8, 4) is 0 Å². The summed E-state index contributed by atoms with van der Waals surface area (Å²) in [5.74, 6) is 1.41. The van der Waals surface area contributed by atoms with E-state index in [0.717, 1.165) is 37.1 Å². The molecule has 1 saturated carbocycles. The minimum atomic E-state index is -3.03. The molecule has 4 rings (SSSR count). The lowest BCUT2D eigenvalue weighted by molar-refractivity contribution is -0.132. The predicted molar refractivity (Wildman–Crippen MR) is 117 cm³/mol. The van der Waals surface area contributed by atoms with E-state index in [1.807, 2.05) is 34.7 Å². The van der Waals surface area contributed by atoms with E-state index in [1.54, 1.807) is 0 Å². The number of thioether (sulfide) groups is 1. The normalized spacial score (nSPS) is 21.2. The van der Waals surface area contributed by atoms with Gasteiger partial charge in [-0.2, -0.15) is 0 Å². The molecule has 1 aliphatic heterocycles. The minimum Gasteiger partial charge on any atom is -0.335 e. The highest BCUT2D eigenvalue weighted by Crippen LogP contribution is 2.30. The smallest absolute Gasteiger partial charge is 0.233 e. The molecular weight excluding hydrogens is 420 g/mol. The molecule has 2 aromatic rings. The van der Waals surface area contributed by atoms with Gasteiger partial charge in [-0.1, -0.05) is 54.9 Å². The molecule has 1 atom stereocenters. The number of carbonyl (C=O) groups excluding carboxylic acids is 1. The maximum Gasteiger partial charge on any atom is 0.233 e. The molecule has 0 N–H and O–H groups in total. The summed E-state index contributed by atoms with van der Waals surface area (Å²) in [6, 6.07) is 10.1. The first-order valence-electron chi connectivity index (χ1n) is 10.5. The van der Waals surface area contributed by atoms with Gasteiger partial charge in [0, 0.05) is 25.6 Å². The highest BCUT2D eigenvalue weighted by Gasteiger charge is 2.38. The van der Waals surface area contributed by atoms with Gasteiger partial charge in [0.05, 0.1) is 17.3 Å². The number of amides is 1. The molecule has 0 bridgehead atoms. The summed E-state index contributed by atoms with van der Waals surface area (Å²) in [6.07, 6.45) is 5.39. The molecule has 30 heavy (non-hydrogen) atoms. The van der Waals surface area contributed by atoms with Gasteiger partial charge in [0.1, 0.15) is 5.82 Å². The Balaban J connectivity index is 1.42. The molecule has 2 heterocycles. The highest BCUT2D eigenvalue weighted by molar-refractivity contribution is 7.99. The third-order valence-corrected chi connectivity index (χ3v) is 8.82. The minimum absolute atomic E-state index is 0.0154. The van der Waals surface area contributed by atoms with E-state index >= 15 is 0 Å². The second-order valence-electron chi connectivity index (χ2n) is 8.21. The van der Waals surface area contributed by atoms with Crippen molar-refractivity contribution in [3.63, 3.8) is 0 Å². The van der Waals surface area contributed by atoms with E-state index in [-0.39, 0.29) is 35.2 Å². The highest BCUT2D eigenvalue weighted by atomic mass is 32.2. The van der Waals surface area contributed by atoms with Gasteiger partial charge < -0.3 is 9.47 Å². The van der Waals surface area contributed by atoms with Crippen LogP contribution in [0.5, 0.6) is 0 Å². The SMILES string of the molecule is Cn1c(Cc2ccccc2)nnc1SCC(=O)N(C1CCCC1)C1CCS(=O)(=O)C1. The summed E-state index contributed by atoms with van der Waals surface area (Å²) in [4.78, 5) is 15.1. The largest absolute Gasteiger partial charge is 0.335 e. The molecule has 1 aromatic heterocycles. The van der Waals surface area contributed by atoms with Gasteiger partial charge in [-0.05, 0) is 24.8 Å². The van der Waals surface area contributed by atoms with Crippen molar-refractivity contribution in [2.45, 2.75) is 55.8 Å². The molecule has 1 aliphatic carbocycles. The Labute approximate surface area is 182 Å². The maximum absolute atomic E-state index is 13.2. The van der Waals surface area contributed by atoms with Crippen LogP contribution in [0.25, 0.3) is 0 Å². The van der Waals surface area contributed by atoms with Crippen LogP contribution in [0.3, 0.4) is 0 Å². The van der Waals surface area contributed by atoms with Crippen molar-refractivity contribution in [1.82, 2.24) is 19.7 Å². The Morgan fingerprint density at radius 2 is 1.87 bits per heavy atom. The van der Waals surface area contributed by atoms with E-state index in [0.29, 0.717) is 18.0 Å². The first kappa shape index (κ1) is 21.4. The van der Waals surface area contributed by atoms with Crippen molar-refractivity contribution in [2.24, 2.45) is 7.05 Å². The van der Waals surface area contributed by atoms with Crippen molar-refractivity contribution in [3.05, 3.63) is 41.7 Å². The Bertz CT molecular complexity index is 985. The summed E-state index contributed by atoms with van der Waals surface area (Å²) >= 11 is 1.38. The van der Waals surface area contributed by atoms with Crippen LogP contribution in [0.15, 0.2) is 35.5 Å². The van der Waals surface area contributed by atoms with Gasteiger partial charge in [0.15, 0.2) is 15.0 Å². The second kappa shape index (κ2) is 9.09. The number of aromatic nitrogens is 3. The van der Waals surface area contributed by atoms with Gasteiger partial charge in [0.2, 0.25) is 5.91 Å². The number of hydrogen-bond donors (Lipinski definition) is 0. The third kappa shape index (κ3) is 4.88. The standard InChI is InChI=1S/C21H28N4O3S2/c1-24-19(13-16-7-3-2-4-8-16)22-23-21(24)29-14-20(26)25(17-9-5-6-10-17)18-11-12-30(27,28)15-18/h2-4,7-8,17-18H,5-6,9-15H2,1H3. The third-order valence-electron chi connectivity index (χ3n) is 6.06. The molecule has 1 aromatic carbocycles. The molecule has 0 radical (unpaired) electrons. The zero-order chi connectivity index (χ0) is 21.1. The predicted octanol–water partition coefficient (Wildman–Crippen LogP) is 2.46. The summed E-state index contributed by atoms with van der Waals surface area (Å²) in [5, 5.41) is 9.27. The lowest BCUT2D eigenvalue weighted by atomic mass is 10.1. The van der Waals surface area contributed by atoms with Crippen molar-refractivity contribution in [2.75, 3.05) is 17.3 Å². The zero-order valence-corrected chi connectivity index (χ0v) is 18.9. The molecular formula is C21H28N4O3S2. The van der Waals surface area contributed by atoms with Crippen LogP contribution < -0.4 is 0 Å². The summed E-state index contributed by atoms with van der Waals surface area (Å²) in [6.45, 7) is 0. The Morgan fingerprint density at radius 3 is 2.53 bits per heavy atom. The lowest BCUT2D eigenvalue weighted by Gasteiger charge is -2.34. The first-order valence-corrected chi connectivity index (χ1v) is 13.3. The molecule has 2 fully saturated rings. The summed E-state index contributed by atoms with van der Waals surface area (Å²) in [7, 11) is -1.11. The van der Waals surface area contributed by atoms with Gasteiger partial charge in [-0.15, -0.1) is 10.2 Å². The fourth-order valence-electron chi connectivity index (χ4n) is 4.49. The van der Waals surface area contributed by atoms with Gasteiger partial charge in [-0.25, -0.2) is 8.42 Å². The van der Waals surface area contributed by atoms with Crippen molar-refractivity contribution < 1.29 is 13.2 Å². The maximum atomic E-state index is 13.2. The average Bonchev–Trinajstić information content (AvgIpc) is 3.44. The fourth-order valence-corrected chi connectivity index (χ4v) is 7.00. The Hall–Kier alpha value is -1.87. The molecule has 9 heteroatoms. The second-order valence-corrected chi connectivity index (χ2v) is 11.4. The van der Waals surface area contributed by atoms with E-state index in [1.165, 1.54) is 11.8 Å². The monoisotopic (exact) mass is 448 g/mol. The molecule has 162 valence electrons. The van der Waals surface area contributed by atoms with E-state index in [9.17, 15) is 13.2 Å². The van der Waals surface area contributed by atoms with Gasteiger partial charge in [0.25, 0.3) is 0 Å². The number of nitrogens with zero attached hydrogens (tertiary/aromatic N) is 4. The lowest BCUT2D eigenvalue weighted by Crippen LogP contribution is -2.47. The first-order chi connectivity index (χ1) is 14.4. The number of sulfone groups is 1. The van der Waals surface area contributed by atoms with Crippen LogP contribution >= 0.6 is 11.8 Å². The van der Waals surface area contributed by atoms with Gasteiger partial charge >= 0.3 is 0 Å². The average molecular weight is 449 g/mol. The molecule has 0 spiro atoms. The van der Waals surface area contributed by atoms with Crippen LogP contribution in [-0.4, -0.2) is 63.3 Å². The zero-order valence-electron chi connectivity index (χ0n) is 17.2. The van der Waals surface area contributed by atoms with E-state index in [4.69, 9.17) is 0 Å². The van der Waals surface area contributed by atoms with Crippen LogP contribution in [0.1, 0.15) is 43.5 Å². The van der Waals surface area contributed by atoms with Crippen molar-refractivity contribution >= 4 is 27.5 Å². The van der Waals surface area contributed by atoms with E-state index < -0.39 is 9.84 Å². The number of carbonyl (C=O) groups is 1. The number of benzene rings is 1. The van der Waals surface area contributed by atoms with Crippen LogP contribution in [0, 0.1) is 0 Å². The van der Waals surface area contributed by atoms with Gasteiger partial charge in [-0.3, -0.25) is 4.79 Å². The van der Waals surface area contributed by atoms with E-state index in [2.05, 4.69) is 22.3 Å². The quantitative estimate of drug-likeness (QED) is 0.605. The Morgan fingerprint density at radius 1 is 1.13 bits per heavy atom. The molecule has 1 saturated heterocycles. The number of hydrogen-bond acceptors (Lipinski definition) is 6. The Kier molecular flexibility index (Phi) is 6.48. The fraction of sp³-hybridized carbons (Fsp3) is 0.571. The topological polar surface area (TPSA) is 85.2 Å². The molecule has 7 nitrogen and oxygen atoms in total.